The number of hydrogen-bond donors (Lipinski definition) is 0. The highest BCUT2D eigenvalue weighted by Gasteiger charge is 2.36. The molecule has 0 aromatic heterocycles. The summed E-state index contributed by atoms with van der Waals surface area (Å²) in [4.78, 5) is 36.9. The molecule has 0 saturated carbocycles. The molecule has 25 heavy (non-hydrogen) atoms. The molecule has 2 rings (SSSR count). The number of carbonyl (C=O) groups is 3. The van der Waals surface area contributed by atoms with Crippen LogP contribution in [0.4, 0.5) is 4.79 Å². The molecule has 2 amide bonds. The molecular weight excluding hydrogens is 342 g/mol. The molecule has 7 heteroatoms. The molecule has 0 unspecified atom stereocenters. The summed E-state index contributed by atoms with van der Waals surface area (Å²) in [5.41, 5.74) is 0.776. The molecule has 134 valence electrons. The van der Waals surface area contributed by atoms with Crippen molar-refractivity contribution in [2.45, 2.75) is 20.8 Å². The number of carbonyl (C=O) groups excluding carboxylic acids is 3. The van der Waals surface area contributed by atoms with Crippen LogP contribution in [0.1, 0.15) is 26.3 Å². The van der Waals surface area contributed by atoms with Crippen LogP contribution in [0.2, 0.25) is 0 Å². The largest absolute Gasteiger partial charge is 0.493 e. The number of rotatable bonds is 7. The molecule has 0 aliphatic carbocycles. The Balaban J connectivity index is 2.04. The predicted octanol–water partition coefficient (Wildman–Crippen LogP) is 3.32. The molecular formula is C18H21NO5S. The fraction of sp³-hybridized carbons (Fsp3) is 0.389. The van der Waals surface area contributed by atoms with Crippen molar-refractivity contribution in [1.29, 1.82) is 0 Å². The summed E-state index contributed by atoms with van der Waals surface area (Å²) >= 11 is 0.815. The van der Waals surface area contributed by atoms with Gasteiger partial charge in [0, 0.05) is 0 Å². The summed E-state index contributed by atoms with van der Waals surface area (Å²) in [6.45, 7) is 6.28. The van der Waals surface area contributed by atoms with Crippen molar-refractivity contribution in [3.8, 4) is 5.75 Å². The second kappa shape index (κ2) is 8.71. The van der Waals surface area contributed by atoms with E-state index >= 15 is 0 Å². The Kier molecular flexibility index (Phi) is 6.64. The maximum atomic E-state index is 12.3. The highest BCUT2D eigenvalue weighted by atomic mass is 32.2. The summed E-state index contributed by atoms with van der Waals surface area (Å²) in [5, 5.41) is -0.471. The second-order valence-electron chi connectivity index (χ2n) is 5.85. The van der Waals surface area contributed by atoms with Crippen LogP contribution in [-0.4, -0.2) is 41.8 Å². The number of amides is 2. The first-order chi connectivity index (χ1) is 11.9. The fourth-order valence-corrected chi connectivity index (χ4v) is 2.88. The minimum atomic E-state index is -0.599. The minimum absolute atomic E-state index is 0.204. The first-order valence-corrected chi connectivity index (χ1v) is 8.86. The van der Waals surface area contributed by atoms with Gasteiger partial charge in [0.25, 0.3) is 11.1 Å². The van der Waals surface area contributed by atoms with Crippen molar-refractivity contribution in [3.05, 3.63) is 34.7 Å². The molecule has 0 atom stereocenters. The SMILES string of the molecule is CCOC(=O)CN1C(=O)S/C(=C\c2ccc(OCC(C)C)cc2)C1=O. The van der Waals surface area contributed by atoms with Crippen molar-refractivity contribution in [2.75, 3.05) is 19.8 Å². The van der Waals surface area contributed by atoms with Crippen LogP contribution in [0.25, 0.3) is 6.08 Å². The van der Waals surface area contributed by atoms with Crippen LogP contribution in [-0.2, 0) is 14.3 Å². The van der Waals surface area contributed by atoms with Gasteiger partial charge in [-0.25, -0.2) is 0 Å². The van der Waals surface area contributed by atoms with Gasteiger partial charge in [-0.1, -0.05) is 26.0 Å². The van der Waals surface area contributed by atoms with Crippen molar-refractivity contribution in [3.63, 3.8) is 0 Å². The number of ether oxygens (including phenoxy) is 2. The Bertz CT molecular complexity index is 681. The number of thioether (sulfide) groups is 1. The number of nitrogens with zero attached hydrogens (tertiary/aromatic N) is 1. The van der Waals surface area contributed by atoms with E-state index < -0.39 is 17.1 Å². The number of esters is 1. The molecule has 1 saturated heterocycles. The van der Waals surface area contributed by atoms with Gasteiger partial charge in [-0.15, -0.1) is 0 Å². The average molecular weight is 363 g/mol. The van der Waals surface area contributed by atoms with E-state index in [2.05, 4.69) is 13.8 Å². The summed E-state index contributed by atoms with van der Waals surface area (Å²) in [6, 6.07) is 7.26. The van der Waals surface area contributed by atoms with E-state index in [-0.39, 0.29) is 18.1 Å². The zero-order valence-corrected chi connectivity index (χ0v) is 15.3. The van der Waals surface area contributed by atoms with E-state index in [0.717, 1.165) is 28.0 Å². The molecule has 1 aliphatic heterocycles. The maximum absolute atomic E-state index is 12.3. The van der Waals surface area contributed by atoms with Gasteiger partial charge in [-0.05, 0) is 48.4 Å². The van der Waals surface area contributed by atoms with E-state index in [4.69, 9.17) is 9.47 Å². The zero-order chi connectivity index (χ0) is 18.4. The van der Waals surface area contributed by atoms with Gasteiger partial charge in [0.15, 0.2) is 0 Å². The van der Waals surface area contributed by atoms with E-state index in [1.54, 1.807) is 13.0 Å². The molecule has 0 spiro atoms. The zero-order valence-electron chi connectivity index (χ0n) is 14.5. The Hall–Kier alpha value is -2.28. The van der Waals surface area contributed by atoms with E-state index in [9.17, 15) is 14.4 Å². The highest BCUT2D eigenvalue weighted by Crippen LogP contribution is 2.32. The predicted molar refractivity (Wildman–Crippen MR) is 96.1 cm³/mol. The Morgan fingerprint density at radius 1 is 1.24 bits per heavy atom. The molecule has 0 N–H and O–H groups in total. The van der Waals surface area contributed by atoms with Crippen LogP contribution in [0.15, 0.2) is 29.2 Å². The van der Waals surface area contributed by atoms with Gasteiger partial charge in [0.05, 0.1) is 18.1 Å². The Labute approximate surface area is 151 Å². The quantitative estimate of drug-likeness (QED) is 0.547. The molecule has 6 nitrogen and oxygen atoms in total. The Morgan fingerprint density at radius 3 is 2.52 bits per heavy atom. The van der Waals surface area contributed by atoms with Crippen molar-refractivity contribution in [2.24, 2.45) is 5.92 Å². The van der Waals surface area contributed by atoms with Gasteiger partial charge in [-0.2, -0.15) is 0 Å². The lowest BCUT2D eigenvalue weighted by molar-refractivity contribution is -0.145. The van der Waals surface area contributed by atoms with Gasteiger partial charge in [0.1, 0.15) is 12.3 Å². The van der Waals surface area contributed by atoms with E-state index in [1.165, 1.54) is 0 Å². The molecule has 1 aliphatic rings. The summed E-state index contributed by atoms with van der Waals surface area (Å²) in [7, 11) is 0. The van der Waals surface area contributed by atoms with Crippen LogP contribution >= 0.6 is 11.8 Å². The maximum Gasteiger partial charge on any atom is 0.326 e. The lowest BCUT2D eigenvalue weighted by Crippen LogP contribution is -2.34. The average Bonchev–Trinajstić information content (AvgIpc) is 2.82. The van der Waals surface area contributed by atoms with Crippen LogP contribution in [0.3, 0.4) is 0 Å². The lowest BCUT2D eigenvalue weighted by atomic mass is 10.2. The van der Waals surface area contributed by atoms with Gasteiger partial charge in [-0.3, -0.25) is 19.3 Å². The molecule has 0 radical (unpaired) electrons. The van der Waals surface area contributed by atoms with Crippen molar-refractivity contribution >= 4 is 35.0 Å². The summed E-state index contributed by atoms with van der Waals surface area (Å²) in [5.74, 6) is 0.104. The number of imide groups is 1. The normalized spacial score (nSPS) is 16.0. The monoisotopic (exact) mass is 363 g/mol. The molecule has 1 aromatic carbocycles. The third-order valence-corrected chi connectivity index (χ3v) is 4.13. The summed E-state index contributed by atoms with van der Waals surface area (Å²) < 4.78 is 10.4. The van der Waals surface area contributed by atoms with Gasteiger partial charge < -0.3 is 9.47 Å². The fourth-order valence-electron chi connectivity index (χ4n) is 2.05. The molecule has 1 aromatic rings. The first kappa shape index (κ1) is 19.1. The lowest BCUT2D eigenvalue weighted by Gasteiger charge is -2.10. The minimum Gasteiger partial charge on any atom is -0.493 e. The van der Waals surface area contributed by atoms with Crippen LogP contribution in [0.5, 0.6) is 5.75 Å². The third-order valence-electron chi connectivity index (χ3n) is 3.23. The van der Waals surface area contributed by atoms with E-state index in [0.29, 0.717) is 12.5 Å². The third kappa shape index (κ3) is 5.35. The number of hydrogen-bond acceptors (Lipinski definition) is 6. The standard InChI is InChI=1S/C18H21NO5S/c1-4-23-16(20)10-19-17(21)15(25-18(19)22)9-13-5-7-14(8-6-13)24-11-12(2)3/h5-9,12H,4,10-11H2,1-3H3/b15-9-. The van der Waals surface area contributed by atoms with Gasteiger partial charge >= 0.3 is 5.97 Å². The summed E-state index contributed by atoms with van der Waals surface area (Å²) in [6.07, 6.45) is 1.63. The van der Waals surface area contributed by atoms with E-state index in [1.807, 2.05) is 24.3 Å². The van der Waals surface area contributed by atoms with Crippen LogP contribution in [0, 0.1) is 5.92 Å². The Morgan fingerprint density at radius 2 is 1.92 bits per heavy atom. The molecule has 1 heterocycles. The first-order valence-electron chi connectivity index (χ1n) is 8.04. The molecule has 0 bridgehead atoms. The topological polar surface area (TPSA) is 72.9 Å². The van der Waals surface area contributed by atoms with Crippen LogP contribution < -0.4 is 4.74 Å². The van der Waals surface area contributed by atoms with Crippen molar-refractivity contribution < 1.29 is 23.9 Å². The van der Waals surface area contributed by atoms with Crippen molar-refractivity contribution in [1.82, 2.24) is 4.90 Å². The second-order valence-corrected chi connectivity index (χ2v) is 6.84. The van der Waals surface area contributed by atoms with Gasteiger partial charge in [0.2, 0.25) is 0 Å². The highest BCUT2D eigenvalue weighted by molar-refractivity contribution is 8.18. The number of benzene rings is 1. The smallest absolute Gasteiger partial charge is 0.326 e. The molecule has 1 fully saturated rings.